The maximum atomic E-state index is 5.51. The topological polar surface area (TPSA) is 18.5 Å². The summed E-state index contributed by atoms with van der Waals surface area (Å²) in [6.45, 7) is 7.53. The van der Waals surface area contributed by atoms with Crippen molar-refractivity contribution in [2.24, 2.45) is 0 Å². The molecule has 2 nitrogen and oxygen atoms in total. The third kappa shape index (κ3) is 6.10. The monoisotopic (exact) mass is 254 g/mol. The Balaban J connectivity index is 2.30. The molecule has 0 amide bonds. The zero-order valence-corrected chi connectivity index (χ0v) is 11.8. The lowest BCUT2D eigenvalue weighted by molar-refractivity contribution is -0.136. The molecule has 0 unspecified atom stereocenters. The van der Waals surface area contributed by atoms with Crippen LogP contribution in [0.3, 0.4) is 0 Å². The first-order valence-electron chi connectivity index (χ1n) is 6.19. The van der Waals surface area contributed by atoms with Gasteiger partial charge < -0.3 is 9.47 Å². The molecule has 0 saturated carbocycles. The molecule has 0 aliphatic rings. The first-order valence-corrected chi connectivity index (χ1v) is 7.17. The maximum absolute atomic E-state index is 5.51. The molecule has 0 aromatic heterocycles. The molecule has 0 bridgehead atoms. The lowest BCUT2D eigenvalue weighted by Crippen LogP contribution is -2.18. The second kappa shape index (κ2) is 8.56. The predicted molar refractivity (Wildman–Crippen MR) is 73.6 cm³/mol. The van der Waals surface area contributed by atoms with Crippen LogP contribution in [-0.2, 0) is 9.47 Å². The highest BCUT2D eigenvalue weighted by atomic mass is 32.2. The molecule has 0 N–H and O–H groups in total. The van der Waals surface area contributed by atoms with Crippen LogP contribution in [-0.4, -0.2) is 25.3 Å². The second-order valence-electron chi connectivity index (χ2n) is 3.79. The number of thioether (sulfide) groups is 1. The van der Waals surface area contributed by atoms with Crippen molar-refractivity contribution in [1.82, 2.24) is 0 Å². The van der Waals surface area contributed by atoms with Gasteiger partial charge in [0.2, 0.25) is 0 Å². The molecule has 0 aliphatic heterocycles. The summed E-state index contributed by atoms with van der Waals surface area (Å²) < 4.78 is 11.0. The van der Waals surface area contributed by atoms with E-state index in [1.807, 2.05) is 25.6 Å². The Bertz CT molecular complexity index is 309. The summed E-state index contributed by atoms with van der Waals surface area (Å²) in [6.07, 6.45) is 0.877. The predicted octanol–water partition coefficient (Wildman–Crippen LogP) is 3.88. The number of ether oxygens (including phenoxy) is 2. The van der Waals surface area contributed by atoms with Gasteiger partial charge in [0.25, 0.3) is 0 Å². The van der Waals surface area contributed by atoms with E-state index in [1.54, 1.807) is 0 Å². The van der Waals surface area contributed by atoms with Crippen molar-refractivity contribution in [2.45, 2.75) is 38.4 Å². The Labute approximate surface area is 109 Å². The fraction of sp³-hybridized carbons (Fsp3) is 0.571. The molecule has 0 spiro atoms. The number of benzene rings is 1. The molecule has 1 rings (SSSR count). The van der Waals surface area contributed by atoms with E-state index in [-0.39, 0.29) is 6.29 Å². The molecule has 1 aromatic carbocycles. The molecule has 0 atom stereocenters. The molecular weight excluding hydrogens is 232 g/mol. The molecule has 0 heterocycles. The smallest absolute Gasteiger partial charge is 0.158 e. The standard InChI is InChI=1S/C14H22O2S/c1-4-15-14(16-5-2)9-10-17-13-8-6-7-12(3)11-13/h6-8,11,14H,4-5,9-10H2,1-3H3. The van der Waals surface area contributed by atoms with Gasteiger partial charge in [-0.15, -0.1) is 11.8 Å². The van der Waals surface area contributed by atoms with Crippen LogP contribution in [0.2, 0.25) is 0 Å². The minimum atomic E-state index is -0.0534. The average Bonchev–Trinajstić information content (AvgIpc) is 2.30. The molecule has 0 fully saturated rings. The van der Waals surface area contributed by atoms with Crippen LogP contribution >= 0.6 is 11.8 Å². The molecule has 0 aliphatic carbocycles. The molecule has 0 radical (unpaired) electrons. The number of hydrogen-bond donors (Lipinski definition) is 0. The van der Waals surface area contributed by atoms with Crippen molar-refractivity contribution >= 4 is 11.8 Å². The number of aryl methyl sites for hydroxylation is 1. The quantitative estimate of drug-likeness (QED) is 0.518. The lowest BCUT2D eigenvalue weighted by atomic mass is 10.2. The van der Waals surface area contributed by atoms with Crippen molar-refractivity contribution in [1.29, 1.82) is 0 Å². The van der Waals surface area contributed by atoms with Crippen molar-refractivity contribution < 1.29 is 9.47 Å². The van der Waals surface area contributed by atoms with Crippen LogP contribution in [0.5, 0.6) is 0 Å². The van der Waals surface area contributed by atoms with Crippen LogP contribution in [0.15, 0.2) is 29.2 Å². The molecular formula is C14H22O2S. The highest BCUT2D eigenvalue weighted by Gasteiger charge is 2.07. The summed E-state index contributed by atoms with van der Waals surface area (Å²) in [7, 11) is 0. The SMILES string of the molecule is CCOC(CCSc1cccc(C)c1)OCC. The van der Waals surface area contributed by atoms with Gasteiger partial charge >= 0.3 is 0 Å². The molecule has 0 saturated heterocycles. The van der Waals surface area contributed by atoms with Gasteiger partial charge in [-0.1, -0.05) is 17.7 Å². The third-order valence-electron chi connectivity index (χ3n) is 2.32. The summed E-state index contributed by atoms with van der Waals surface area (Å²) in [4.78, 5) is 1.32. The average molecular weight is 254 g/mol. The first-order chi connectivity index (χ1) is 8.26. The van der Waals surface area contributed by atoms with Gasteiger partial charge in [0.15, 0.2) is 6.29 Å². The summed E-state index contributed by atoms with van der Waals surface area (Å²) >= 11 is 1.85. The third-order valence-corrected chi connectivity index (χ3v) is 3.34. The fourth-order valence-corrected chi connectivity index (χ4v) is 2.55. The summed E-state index contributed by atoms with van der Waals surface area (Å²) in [6, 6.07) is 8.57. The van der Waals surface area contributed by atoms with Gasteiger partial charge in [0, 0.05) is 30.3 Å². The van der Waals surface area contributed by atoms with Crippen molar-refractivity contribution in [3.05, 3.63) is 29.8 Å². The molecule has 96 valence electrons. The summed E-state index contributed by atoms with van der Waals surface area (Å²) in [5, 5.41) is 0. The van der Waals surface area contributed by atoms with Gasteiger partial charge in [-0.3, -0.25) is 0 Å². The van der Waals surface area contributed by atoms with Crippen molar-refractivity contribution in [3.8, 4) is 0 Å². The van der Waals surface area contributed by atoms with Crippen molar-refractivity contribution in [2.75, 3.05) is 19.0 Å². The highest BCUT2D eigenvalue weighted by molar-refractivity contribution is 7.99. The Hall–Kier alpha value is -0.510. The Morgan fingerprint density at radius 3 is 2.47 bits per heavy atom. The first kappa shape index (κ1) is 14.6. The minimum absolute atomic E-state index is 0.0534. The van der Waals surface area contributed by atoms with Crippen LogP contribution in [0.25, 0.3) is 0 Å². The Morgan fingerprint density at radius 1 is 1.18 bits per heavy atom. The van der Waals surface area contributed by atoms with E-state index < -0.39 is 0 Å². The maximum Gasteiger partial charge on any atom is 0.158 e. The van der Waals surface area contributed by atoms with E-state index in [1.165, 1.54) is 10.5 Å². The second-order valence-corrected chi connectivity index (χ2v) is 4.96. The van der Waals surface area contributed by atoms with Crippen LogP contribution in [0.1, 0.15) is 25.8 Å². The van der Waals surface area contributed by atoms with Crippen molar-refractivity contribution in [3.63, 3.8) is 0 Å². The summed E-state index contributed by atoms with van der Waals surface area (Å²) in [5.74, 6) is 1.02. The normalized spacial score (nSPS) is 11.1. The van der Waals surface area contributed by atoms with Crippen LogP contribution in [0.4, 0.5) is 0 Å². The zero-order chi connectivity index (χ0) is 12.5. The van der Waals surface area contributed by atoms with E-state index in [2.05, 4.69) is 31.2 Å². The Kier molecular flexibility index (Phi) is 7.33. The van der Waals surface area contributed by atoms with E-state index in [4.69, 9.17) is 9.47 Å². The van der Waals surface area contributed by atoms with Gasteiger partial charge in [-0.05, 0) is 32.9 Å². The molecule has 17 heavy (non-hydrogen) atoms. The molecule has 3 heteroatoms. The number of hydrogen-bond acceptors (Lipinski definition) is 3. The van der Waals surface area contributed by atoms with E-state index in [0.717, 1.165) is 12.2 Å². The largest absolute Gasteiger partial charge is 0.353 e. The fourth-order valence-electron chi connectivity index (χ4n) is 1.56. The van der Waals surface area contributed by atoms with Gasteiger partial charge in [-0.2, -0.15) is 0 Å². The molecule has 1 aromatic rings. The van der Waals surface area contributed by atoms with E-state index >= 15 is 0 Å². The number of rotatable bonds is 8. The van der Waals surface area contributed by atoms with Gasteiger partial charge in [0.1, 0.15) is 0 Å². The summed E-state index contributed by atoms with van der Waals surface area (Å²) in [5.41, 5.74) is 1.31. The van der Waals surface area contributed by atoms with Gasteiger partial charge in [0.05, 0.1) is 0 Å². The van der Waals surface area contributed by atoms with Crippen LogP contribution in [0, 0.1) is 6.92 Å². The van der Waals surface area contributed by atoms with E-state index in [9.17, 15) is 0 Å². The highest BCUT2D eigenvalue weighted by Crippen LogP contribution is 2.20. The van der Waals surface area contributed by atoms with Crippen LogP contribution < -0.4 is 0 Å². The van der Waals surface area contributed by atoms with E-state index in [0.29, 0.717) is 13.2 Å². The Morgan fingerprint density at radius 2 is 1.88 bits per heavy atom. The zero-order valence-electron chi connectivity index (χ0n) is 10.9. The van der Waals surface area contributed by atoms with Gasteiger partial charge in [-0.25, -0.2) is 0 Å². The lowest BCUT2D eigenvalue weighted by Gasteiger charge is -2.16. The minimum Gasteiger partial charge on any atom is -0.353 e.